The van der Waals surface area contributed by atoms with E-state index in [2.05, 4.69) is 9.62 Å². The molecule has 3 aromatic rings. The summed E-state index contributed by atoms with van der Waals surface area (Å²) in [6, 6.07) is 12.0. The maximum atomic E-state index is 13.1. The van der Waals surface area contributed by atoms with E-state index in [1.807, 2.05) is 41.1 Å². The van der Waals surface area contributed by atoms with Crippen LogP contribution in [-0.4, -0.2) is 64.9 Å². The molecule has 0 radical (unpaired) electrons. The van der Waals surface area contributed by atoms with Crippen molar-refractivity contribution in [2.45, 2.75) is 38.0 Å². The average molecular weight is 496 g/mol. The summed E-state index contributed by atoms with van der Waals surface area (Å²) in [6.45, 7) is 2.61. The summed E-state index contributed by atoms with van der Waals surface area (Å²) in [6.07, 6.45) is 5.60. The molecule has 1 amide bonds. The molecule has 1 saturated carbocycles. The molecule has 2 aromatic heterocycles. The molecule has 0 spiro atoms. The number of carbonyl (C=O) groups is 1. The fourth-order valence-electron chi connectivity index (χ4n) is 5.00. The van der Waals surface area contributed by atoms with Crippen molar-refractivity contribution in [3.8, 4) is 5.69 Å². The second-order valence-corrected chi connectivity index (χ2v) is 10.3. The Bertz CT molecular complexity index is 1160. The molecule has 3 heterocycles. The highest BCUT2D eigenvalue weighted by atomic mass is 32.2. The second-order valence-electron chi connectivity index (χ2n) is 9.37. The van der Waals surface area contributed by atoms with Gasteiger partial charge in [0.15, 0.2) is 5.65 Å². The number of hydrogen-bond donors (Lipinski definition) is 2. The minimum atomic E-state index is -0.258. The van der Waals surface area contributed by atoms with E-state index >= 15 is 0 Å². The van der Waals surface area contributed by atoms with Gasteiger partial charge < -0.3 is 14.7 Å². The van der Waals surface area contributed by atoms with Crippen molar-refractivity contribution in [3.05, 3.63) is 47.8 Å². The van der Waals surface area contributed by atoms with Crippen LogP contribution in [0.25, 0.3) is 16.7 Å². The molecule has 1 aliphatic carbocycles. The molecular formula is C26H33N5O3S. The smallest absolute Gasteiger partial charge is 0.279 e. The van der Waals surface area contributed by atoms with Gasteiger partial charge in [0.05, 0.1) is 29.1 Å². The molecule has 0 unspecified atom stereocenters. The monoisotopic (exact) mass is 495 g/mol. The lowest BCUT2D eigenvalue weighted by molar-refractivity contribution is 0.0980. The Kier molecular flexibility index (Phi) is 7.55. The Morgan fingerprint density at radius 1 is 1.20 bits per heavy atom. The molecule has 1 aliphatic heterocycles. The molecule has 2 aliphatic rings. The lowest BCUT2D eigenvalue weighted by Crippen LogP contribution is -2.35. The number of nitrogens with one attached hydrogen (secondary N) is 1. The predicted molar refractivity (Wildman–Crippen MR) is 139 cm³/mol. The number of nitrogens with zero attached hydrogens (tertiary/aromatic N) is 4. The number of carbonyl (C=O) groups excluding carboxylic acids is 1. The third-order valence-corrected chi connectivity index (χ3v) is 7.80. The van der Waals surface area contributed by atoms with Crippen LogP contribution in [-0.2, 0) is 4.74 Å². The largest absolute Gasteiger partial charge is 0.395 e. The topological polar surface area (TPSA) is 92.5 Å². The van der Waals surface area contributed by atoms with Crippen LogP contribution in [0.1, 0.15) is 54.2 Å². The molecule has 2 fully saturated rings. The van der Waals surface area contributed by atoms with Gasteiger partial charge >= 0.3 is 0 Å². The summed E-state index contributed by atoms with van der Waals surface area (Å²) in [5, 5.41) is 15.3. The lowest BCUT2D eigenvalue weighted by Gasteiger charge is -2.34. The summed E-state index contributed by atoms with van der Waals surface area (Å²) in [5.74, 6) is 1.16. The zero-order valence-corrected chi connectivity index (χ0v) is 21.0. The quantitative estimate of drug-likeness (QED) is 0.343. The van der Waals surface area contributed by atoms with E-state index < -0.39 is 0 Å². The van der Waals surface area contributed by atoms with Gasteiger partial charge in [0, 0.05) is 38.5 Å². The van der Waals surface area contributed by atoms with Crippen molar-refractivity contribution in [1.82, 2.24) is 19.5 Å². The minimum absolute atomic E-state index is 0.00457. The van der Waals surface area contributed by atoms with E-state index in [-0.39, 0.29) is 12.5 Å². The number of aromatic nitrogens is 3. The van der Waals surface area contributed by atoms with E-state index in [4.69, 9.17) is 19.9 Å². The first-order valence-corrected chi connectivity index (χ1v) is 13.4. The molecule has 9 heteroatoms. The number of hydrogen-bond acceptors (Lipinski definition) is 7. The number of piperidine rings is 1. The first-order valence-electron chi connectivity index (χ1n) is 12.5. The van der Waals surface area contributed by atoms with Crippen LogP contribution in [0, 0.1) is 5.92 Å². The molecule has 8 nitrogen and oxygen atoms in total. The number of benzene rings is 1. The van der Waals surface area contributed by atoms with Crippen LogP contribution < -0.4 is 9.62 Å². The van der Waals surface area contributed by atoms with Crippen LogP contribution in [0.2, 0.25) is 0 Å². The molecule has 0 bridgehead atoms. The Morgan fingerprint density at radius 3 is 2.63 bits per heavy atom. The summed E-state index contributed by atoms with van der Waals surface area (Å²) < 4.78 is 10.1. The van der Waals surface area contributed by atoms with Gasteiger partial charge in [-0.05, 0) is 61.7 Å². The van der Waals surface area contributed by atoms with Gasteiger partial charge in [0.2, 0.25) is 0 Å². The highest BCUT2D eigenvalue weighted by Gasteiger charge is 2.31. The number of aliphatic hydroxyl groups excluding tert-OH is 1. The van der Waals surface area contributed by atoms with Gasteiger partial charge in [0.1, 0.15) is 5.69 Å². The van der Waals surface area contributed by atoms with Crippen molar-refractivity contribution in [1.29, 1.82) is 0 Å². The molecule has 2 N–H and O–H groups in total. The maximum absolute atomic E-state index is 13.1. The lowest BCUT2D eigenvalue weighted by atomic mass is 9.82. The predicted octanol–water partition coefficient (Wildman–Crippen LogP) is 3.92. The van der Waals surface area contributed by atoms with Crippen LogP contribution in [0.3, 0.4) is 0 Å². The van der Waals surface area contributed by atoms with Crippen molar-refractivity contribution >= 4 is 34.6 Å². The van der Waals surface area contributed by atoms with Gasteiger partial charge in [-0.3, -0.25) is 9.52 Å². The molecule has 5 rings (SSSR count). The molecule has 0 atom stereocenters. The van der Waals surface area contributed by atoms with E-state index in [0.29, 0.717) is 23.3 Å². The molecule has 1 aromatic carbocycles. The third-order valence-electron chi connectivity index (χ3n) is 7.09. The van der Waals surface area contributed by atoms with Gasteiger partial charge in [-0.15, -0.1) is 0 Å². The summed E-state index contributed by atoms with van der Waals surface area (Å²) in [5.41, 5.74) is 4.18. The first-order chi connectivity index (χ1) is 17.2. The fourth-order valence-corrected chi connectivity index (χ4v) is 5.42. The molecule has 1 saturated heterocycles. The molecular weight excluding hydrogens is 462 g/mol. The zero-order chi connectivity index (χ0) is 24.2. The van der Waals surface area contributed by atoms with Gasteiger partial charge in [-0.2, -0.15) is 5.10 Å². The van der Waals surface area contributed by atoms with Crippen molar-refractivity contribution in [3.63, 3.8) is 0 Å². The average Bonchev–Trinajstić information content (AvgIpc) is 3.23. The van der Waals surface area contributed by atoms with Crippen LogP contribution >= 0.6 is 11.9 Å². The van der Waals surface area contributed by atoms with E-state index in [0.717, 1.165) is 73.5 Å². The standard InChI is InChI=1S/C26H33N5O3S/c1-34-17-18-10-12-30(13-11-18)22-16-21(26(33)29-35-15-14-32)27-25-23(22)24(19-6-5-7-19)28-31(25)20-8-3-2-4-9-20/h2-4,8-9,16,18-19,32H,5-7,10-15,17H2,1H3,(H,29,33). The number of pyridine rings is 1. The normalized spacial score (nSPS) is 17.0. The van der Waals surface area contributed by atoms with E-state index in [1.54, 1.807) is 7.11 Å². The number of anilines is 1. The molecule has 35 heavy (non-hydrogen) atoms. The maximum Gasteiger partial charge on any atom is 0.279 e. The number of amides is 1. The summed E-state index contributed by atoms with van der Waals surface area (Å²) in [4.78, 5) is 20.3. The highest BCUT2D eigenvalue weighted by molar-refractivity contribution is 7.97. The van der Waals surface area contributed by atoms with Crippen molar-refractivity contribution in [2.75, 3.05) is 44.1 Å². The number of aliphatic hydroxyl groups is 1. The molecule has 186 valence electrons. The van der Waals surface area contributed by atoms with Gasteiger partial charge in [0.25, 0.3) is 5.91 Å². The van der Waals surface area contributed by atoms with Gasteiger partial charge in [-0.1, -0.05) is 24.6 Å². The number of ether oxygens (including phenoxy) is 1. The first kappa shape index (κ1) is 24.1. The van der Waals surface area contributed by atoms with Crippen LogP contribution in [0.5, 0.6) is 0 Å². The zero-order valence-electron chi connectivity index (χ0n) is 20.2. The third kappa shape index (κ3) is 5.03. The minimum Gasteiger partial charge on any atom is -0.395 e. The summed E-state index contributed by atoms with van der Waals surface area (Å²) >= 11 is 1.19. The fraction of sp³-hybridized carbons (Fsp3) is 0.500. The highest BCUT2D eigenvalue weighted by Crippen LogP contribution is 2.43. The van der Waals surface area contributed by atoms with Crippen LogP contribution in [0.15, 0.2) is 36.4 Å². The number of fused-ring (bicyclic) bond motifs is 1. The Morgan fingerprint density at radius 2 is 1.97 bits per heavy atom. The van der Waals surface area contributed by atoms with Gasteiger partial charge in [-0.25, -0.2) is 9.67 Å². The van der Waals surface area contributed by atoms with Crippen molar-refractivity contribution < 1.29 is 14.6 Å². The Labute approximate surface area is 210 Å². The van der Waals surface area contributed by atoms with Crippen LogP contribution in [0.4, 0.5) is 5.69 Å². The number of methoxy groups -OCH3 is 1. The number of para-hydroxylation sites is 1. The number of rotatable bonds is 9. The van der Waals surface area contributed by atoms with E-state index in [9.17, 15) is 4.79 Å². The second kappa shape index (κ2) is 11.0. The van der Waals surface area contributed by atoms with Crippen molar-refractivity contribution in [2.24, 2.45) is 5.92 Å². The summed E-state index contributed by atoms with van der Waals surface area (Å²) in [7, 11) is 1.77. The van der Waals surface area contributed by atoms with E-state index in [1.165, 1.54) is 18.4 Å². The Balaban J connectivity index is 1.62. The Hall–Kier alpha value is -2.62. The SMILES string of the molecule is COCC1CCN(c2cc(C(=O)NSCCO)nc3c2c(C2CCC2)nn3-c2ccccc2)CC1.